The minimum absolute atomic E-state index is 0.0923. The highest BCUT2D eigenvalue weighted by atomic mass is 16.5. The van der Waals surface area contributed by atoms with Crippen LogP contribution < -0.4 is 0 Å². The Morgan fingerprint density at radius 3 is 2.74 bits per heavy atom. The molecule has 4 aromatic rings. The highest BCUT2D eigenvalue weighted by molar-refractivity contribution is 5.89. The van der Waals surface area contributed by atoms with E-state index in [1.54, 1.807) is 6.07 Å². The number of benzene rings is 1. The zero-order valence-corrected chi connectivity index (χ0v) is 12.1. The van der Waals surface area contributed by atoms with Crippen LogP contribution in [0.2, 0.25) is 0 Å². The average molecular weight is 304 g/mol. The van der Waals surface area contributed by atoms with Crippen LogP contribution in [0.3, 0.4) is 0 Å². The number of para-hydroxylation sites is 2. The first kappa shape index (κ1) is 13.4. The van der Waals surface area contributed by atoms with Gasteiger partial charge >= 0.3 is 5.97 Å². The monoisotopic (exact) mass is 304 g/mol. The second-order valence-electron chi connectivity index (χ2n) is 5.02. The summed E-state index contributed by atoms with van der Waals surface area (Å²) >= 11 is 0. The Balaban J connectivity index is 1.52. The number of pyridine rings is 1. The van der Waals surface area contributed by atoms with Crippen LogP contribution in [0.15, 0.2) is 61.1 Å². The third kappa shape index (κ3) is 2.62. The molecule has 0 amide bonds. The number of carbonyl (C=O) groups excluding carboxylic acids is 1. The van der Waals surface area contributed by atoms with E-state index in [0.29, 0.717) is 11.2 Å². The molecule has 0 saturated carbocycles. The van der Waals surface area contributed by atoms with Crippen molar-refractivity contribution in [3.8, 4) is 0 Å². The van der Waals surface area contributed by atoms with Crippen LogP contribution in [0.25, 0.3) is 16.7 Å². The topological polar surface area (TPSA) is 69.4 Å². The van der Waals surface area contributed by atoms with Crippen molar-refractivity contribution in [3.63, 3.8) is 0 Å². The van der Waals surface area contributed by atoms with Crippen molar-refractivity contribution in [2.45, 2.75) is 6.61 Å². The van der Waals surface area contributed by atoms with Crippen molar-refractivity contribution in [1.29, 1.82) is 0 Å². The summed E-state index contributed by atoms with van der Waals surface area (Å²) in [4.78, 5) is 25.0. The second-order valence-corrected chi connectivity index (χ2v) is 5.02. The van der Waals surface area contributed by atoms with Gasteiger partial charge in [-0.2, -0.15) is 0 Å². The molecule has 1 aromatic carbocycles. The first-order valence-electron chi connectivity index (χ1n) is 7.11. The number of hydrogen-bond acceptors (Lipinski definition) is 5. The van der Waals surface area contributed by atoms with Crippen molar-refractivity contribution in [2.75, 3.05) is 0 Å². The zero-order chi connectivity index (χ0) is 15.6. The summed E-state index contributed by atoms with van der Waals surface area (Å²) in [5, 5.41) is 0. The van der Waals surface area contributed by atoms with E-state index in [1.165, 1.54) is 6.20 Å². The Hall–Kier alpha value is -3.28. The van der Waals surface area contributed by atoms with E-state index in [4.69, 9.17) is 4.74 Å². The van der Waals surface area contributed by atoms with Crippen molar-refractivity contribution < 1.29 is 9.53 Å². The van der Waals surface area contributed by atoms with Gasteiger partial charge in [0.25, 0.3) is 0 Å². The predicted molar refractivity (Wildman–Crippen MR) is 83.8 cm³/mol. The maximum Gasteiger partial charge on any atom is 0.358 e. The van der Waals surface area contributed by atoms with Crippen molar-refractivity contribution >= 4 is 22.6 Å². The lowest BCUT2D eigenvalue weighted by Gasteiger charge is -2.03. The molecule has 0 atom stereocenters. The average Bonchev–Trinajstić information content (AvgIpc) is 3.02. The second kappa shape index (κ2) is 5.49. The van der Waals surface area contributed by atoms with Gasteiger partial charge in [-0.15, -0.1) is 0 Å². The molecule has 0 spiro atoms. The summed E-state index contributed by atoms with van der Waals surface area (Å²) in [7, 11) is 0. The van der Waals surface area contributed by atoms with Gasteiger partial charge in [0, 0.05) is 12.4 Å². The molecule has 0 aliphatic heterocycles. The molecule has 0 N–H and O–H groups in total. The lowest BCUT2D eigenvalue weighted by Crippen LogP contribution is -2.08. The van der Waals surface area contributed by atoms with Crippen molar-refractivity contribution in [2.24, 2.45) is 0 Å². The van der Waals surface area contributed by atoms with Gasteiger partial charge in [-0.1, -0.05) is 18.2 Å². The molecule has 3 aromatic heterocycles. The van der Waals surface area contributed by atoms with Gasteiger partial charge in [-0.3, -0.25) is 4.98 Å². The maximum atomic E-state index is 12.1. The van der Waals surface area contributed by atoms with Gasteiger partial charge in [0.05, 0.1) is 22.9 Å². The fraction of sp³-hybridized carbons (Fsp3) is 0.0588. The standard InChI is InChI=1S/C17H12N4O2/c22-17(15-9-18-13-5-1-2-6-14(13)20-15)23-11-12-10-21-8-4-3-7-16(21)19-12/h1-10H,11H2. The number of aromatic nitrogens is 4. The van der Waals surface area contributed by atoms with Gasteiger partial charge in [0.2, 0.25) is 0 Å². The van der Waals surface area contributed by atoms with Crippen molar-refractivity contribution in [1.82, 2.24) is 19.4 Å². The lowest BCUT2D eigenvalue weighted by molar-refractivity contribution is 0.0461. The minimum Gasteiger partial charge on any atom is -0.454 e. The molecule has 112 valence electrons. The fourth-order valence-electron chi connectivity index (χ4n) is 2.33. The predicted octanol–water partition coefficient (Wildman–Crippen LogP) is 2.63. The SMILES string of the molecule is O=C(OCc1cn2ccccc2n1)c1cnc2ccccc2n1. The highest BCUT2D eigenvalue weighted by Gasteiger charge is 2.12. The molecule has 0 aliphatic carbocycles. The molecular formula is C17H12N4O2. The fourth-order valence-corrected chi connectivity index (χ4v) is 2.33. The zero-order valence-electron chi connectivity index (χ0n) is 12.1. The Kier molecular flexibility index (Phi) is 3.20. The summed E-state index contributed by atoms with van der Waals surface area (Å²) in [5.41, 5.74) is 3.08. The first-order chi connectivity index (χ1) is 11.3. The summed E-state index contributed by atoms with van der Waals surface area (Å²) in [6, 6.07) is 13.1. The Morgan fingerprint density at radius 1 is 1.04 bits per heavy atom. The van der Waals surface area contributed by atoms with Gasteiger partial charge in [0.15, 0.2) is 5.69 Å². The molecule has 0 unspecified atom stereocenters. The smallest absolute Gasteiger partial charge is 0.358 e. The summed E-state index contributed by atoms with van der Waals surface area (Å²) in [5.74, 6) is -0.514. The number of esters is 1. The van der Waals surface area contributed by atoms with Gasteiger partial charge < -0.3 is 9.14 Å². The molecule has 6 heteroatoms. The number of nitrogens with zero attached hydrogens (tertiary/aromatic N) is 4. The molecule has 3 heterocycles. The molecule has 0 radical (unpaired) electrons. The van der Waals surface area contributed by atoms with E-state index < -0.39 is 5.97 Å². The van der Waals surface area contributed by atoms with Crippen LogP contribution >= 0.6 is 0 Å². The lowest BCUT2D eigenvalue weighted by atomic mass is 10.3. The van der Waals surface area contributed by atoms with Gasteiger partial charge in [0.1, 0.15) is 12.3 Å². The quantitative estimate of drug-likeness (QED) is 0.544. The number of fused-ring (bicyclic) bond motifs is 2. The number of imidazole rings is 1. The Bertz CT molecular complexity index is 977. The number of rotatable bonds is 3. The molecule has 0 saturated heterocycles. The van der Waals surface area contributed by atoms with Crippen LogP contribution in [0.5, 0.6) is 0 Å². The van der Waals surface area contributed by atoms with E-state index >= 15 is 0 Å². The molecule has 6 nitrogen and oxygen atoms in total. The van der Waals surface area contributed by atoms with Crippen LogP contribution in [0, 0.1) is 0 Å². The van der Waals surface area contributed by atoms with Crippen LogP contribution in [-0.4, -0.2) is 25.3 Å². The van der Waals surface area contributed by atoms with Gasteiger partial charge in [-0.05, 0) is 24.3 Å². The summed E-state index contributed by atoms with van der Waals surface area (Å²) < 4.78 is 7.15. The summed E-state index contributed by atoms with van der Waals surface area (Å²) in [6.45, 7) is 0.0923. The number of ether oxygens (including phenoxy) is 1. The highest BCUT2D eigenvalue weighted by Crippen LogP contribution is 2.10. The van der Waals surface area contributed by atoms with E-state index in [0.717, 1.165) is 11.2 Å². The molecule has 4 rings (SSSR count). The first-order valence-corrected chi connectivity index (χ1v) is 7.11. The molecule has 0 aliphatic rings. The van der Waals surface area contributed by atoms with Crippen molar-refractivity contribution in [3.05, 3.63) is 72.4 Å². The summed E-state index contributed by atoms with van der Waals surface area (Å²) in [6.07, 6.45) is 5.14. The largest absolute Gasteiger partial charge is 0.454 e. The van der Waals surface area contributed by atoms with Crippen LogP contribution in [0.4, 0.5) is 0 Å². The molecule has 23 heavy (non-hydrogen) atoms. The Labute approximate surface area is 131 Å². The van der Waals surface area contributed by atoms with E-state index in [1.807, 2.05) is 53.2 Å². The number of hydrogen-bond donors (Lipinski definition) is 0. The third-order valence-electron chi connectivity index (χ3n) is 3.42. The third-order valence-corrected chi connectivity index (χ3v) is 3.42. The normalized spacial score (nSPS) is 11.0. The Morgan fingerprint density at radius 2 is 1.87 bits per heavy atom. The number of carbonyl (C=O) groups is 1. The van der Waals surface area contributed by atoms with Crippen LogP contribution in [0.1, 0.15) is 16.2 Å². The van der Waals surface area contributed by atoms with Gasteiger partial charge in [-0.25, -0.2) is 14.8 Å². The molecular weight excluding hydrogens is 292 g/mol. The molecule has 0 bridgehead atoms. The van der Waals surface area contributed by atoms with E-state index in [-0.39, 0.29) is 12.3 Å². The minimum atomic E-state index is -0.514. The maximum absolute atomic E-state index is 12.1. The van der Waals surface area contributed by atoms with Crippen LogP contribution in [-0.2, 0) is 11.3 Å². The van der Waals surface area contributed by atoms with E-state index in [9.17, 15) is 4.79 Å². The molecule has 0 fully saturated rings. The van der Waals surface area contributed by atoms with E-state index in [2.05, 4.69) is 15.0 Å².